The Kier molecular flexibility index (Phi) is 4.12. The third-order valence-corrected chi connectivity index (χ3v) is 3.48. The smallest absolute Gasteiger partial charge is 0.410 e. The van der Waals surface area contributed by atoms with E-state index in [1.807, 2.05) is 39.0 Å². The lowest BCUT2D eigenvalue weighted by Gasteiger charge is -2.47. The number of aromatic nitrogens is 1. The van der Waals surface area contributed by atoms with Crippen LogP contribution in [0.3, 0.4) is 0 Å². The second-order valence-corrected chi connectivity index (χ2v) is 7.05. The van der Waals surface area contributed by atoms with Crippen molar-refractivity contribution in [1.29, 1.82) is 0 Å². The predicted molar refractivity (Wildman–Crippen MR) is 83.5 cm³/mol. The van der Waals surface area contributed by atoms with E-state index in [1.54, 1.807) is 11.1 Å². The summed E-state index contributed by atoms with van der Waals surface area (Å²) in [5, 5.41) is 0. The number of pyridine rings is 1. The van der Waals surface area contributed by atoms with Gasteiger partial charge in [-0.3, -0.25) is 0 Å². The molecule has 2 rings (SSSR count). The van der Waals surface area contributed by atoms with Gasteiger partial charge in [0.2, 0.25) is 0 Å². The van der Waals surface area contributed by atoms with Crippen LogP contribution in [0.1, 0.15) is 34.6 Å². The Morgan fingerprint density at radius 3 is 2.52 bits per heavy atom. The average Bonchev–Trinajstić information content (AvgIpc) is 2.36. The number of nitrogens with zero attached hydrogens (tertiary/aromatic N) is 3. The number of amides is 1. The number of hydrogen-bond acceptors (Lipinski definition) is 4. The third-order valence-electron chi connectivity index (χ3n) is 3.48. The van der Waals surface area contributed by atoms with Gasteiger partial charge < -0.3 is 14.5 Å². The number of hydrogen-bond donors (Lipinski definition) is 0. The minimum absolute atomic E-state index is 0.177. The van der Waals surface area contributed by atoms with E-state index in [-0.39, 0.29) is 11.6 Å². The van der Waals surface area contributed by atoms with Crippen LogP contribution in [0.5, 0.6) is 0 Å². The zero-order chi connectivity index (χ0) is 15.7. The first kappa shape index (κ1) is 15.6. The van der Waals surface area contributed by atoms with Crippen LogP contribution in [-0.2, 0) is 4.74 Å². The normalized spacial score (nSPS) is 18.5. The summed E-state index contributed by atoms with van der Waals surface area (Å²) >= 11 is 0. The molecule has 1 saturated heterocycles. The van der Waals surface area contributed by atoms with Crippen molar-refractivity contribution >= 4 is 11.9 Å². The van der Waals surface area contributed by atoms with E-state index < -0.39 is 5.60 Å². The second-order valence-electron chi connectivity index (χ2n) is 7.05. The minimum Gasteiger partial charge on any atom is -0.444 e. The van der Waals surface area contributed by atoms with Crippen LogP contribution < -0.4 is 4.90 Å². The highest BCUT2D eigenvalue weighted by atomic mass is 16.6. The van der Waals surface area contributed by atoms with Crippen molar-refractivity contribution in [3.05, 3.63) is 24.4 Å². The Balaban J connectivity index is 2.08. The molecule has 0 unspecified atom stereocenters. The molecule has 1 aromatic rings. The van der Waals surface area contributed by atoms with Crippen molar-refractivity contribution < 1.29 is 9.53 Å². The van der Waals surface area contributed by atoms with Crippen LogP contribution >= 0.6 is 0 Å². The summed E-state index contributed by atoms with van der Waals surface area (Å²) in [6, 6.07) is 5.90. The first-order chi connectivity index (χ1) is 9.69. The number of piperazine rings is 1. The second kappa shape index (κ2) is 5.54. The summed E-state index contributed by atoms with van der Waals surface area (Å²) in [4.78, 5) is 20.7. The van der Waals surface area contributed by atoms with E-state index in [2.05, 4.69) is 23.7 Å². The van der Waals surface area contributed by atoms with Crippen molar-refractivity contribution in [2.75, 3.05) is 24.5 Å². The average molecular weight is 291 g/mol. The Morgan fingerprint density at radius 2 is 2.00 bits per heavy atom. The molecule has 0 aromatic carbocycles. The molecule has 5 heteroatoms. The highest BCUT2D eigenvalue weighted by Crippen LogP contribution is 2.27. The molecule has 0 atom stereocenters. The van der Waals surface area contributed by atoms with Gasteiger partial charge in [-0.15, -0.1) is 0 Å². The van der Waals surface area contributed by atoms with Crippen molar-refractivity contribution in [1.82, 2.24) is 9.88 Å². The molecule has 0 spiro atoms. The van der Waals surface area contributed by atoms with Crippen LogP contribution in [0.15, 0.2) is 24.4 Å². The molecule has 0 radical (unpaired) electrons. The van der Waals surface area contributed by atoms with E-state index >= 15 is 0 Å². The van der Waals surface area contributed by atoms with Gasteiger partial charge in [0, 0.05) is 25.8 Å². The Morgan fingerprint density at radius 1 is 1.29 bits per heavy atom. The van der Waals surface area contributed by atoms with Crippen LogP contribution in [0.2, 0.25) is 0 Å². The summed E-state index contributed by atoms with van der Waals surface area (Å²) in [5.41, 5.74) is -0.636. The molecule has 0 N–H and O–H groups in total. The van der Waals surface area contributed by atoms with E-state index in [9.17, 15) is 4.79 Å². The molecule has 1 amide bonds. The quantitative estimate of drug-likeness (QED) is 0.798. The van der Waals surface area contributed by atoms with Crippen LogP contribution in [0.25, 0.3) is 0 Å². The molecule has 0 bridgehead atoms. The van der Waals surface area contributed by atoms with Crippen molar-refractivity contribution in [3.8, 4) is 0 Å². The van der Waals surface area contributed by atoms with Gasteiger partial charge >= 0.3 is 6.09 Å². The molecule has 1 fully saturated rings. The molecule has 116 valence electrons. The van der Waals surface area contributed by atoms with E-state index in [4.69, 9.17) is 4.74 Å². The molecule has 2 heterocycles. The van der Waals surface area contributed by atoms with Gasteiger partial charge in [0.25, 0.3) is 0 Å². The van der Waals surface area contributed by atoms with Gasteiger partial charge in [-0.05, 0) is 46.8 Å². The topological polar surface area (TPSA) is 45.7 Å². The lowest BCUT2D eigenvalue weighted by molar-refractivity contribution is 0.0179. The molecule has 5 nitrogen and oxygen atoms in total. The maximum atomic E-state index is 12.2. The van der Waals surface area contributed by atoms with Crippen LogP contribution in [0, 0.1) is 0 Å². The van der Waals surface area contributed by atoms with Crippen molar-refractivity contribution in [2.24, 2.45) is 0 Å². The molecule has 0 saturated carbocycles. The number of rotatable bonds is 1. The monoisotopic (exact) mass is 291 g/mol. The molecule has 1 aliphatic heterocycles. The molecule has 0 aliphatic carbocycles. The van der Waals surface area contributed by atoms with Crippen LogP contribution in [-0.4, -0.2) is 46.8 Å². The number of carbonyl (C=O) groups excluding carboxylic acids is 1. The fraction of sp³-hybridized carbons (Fsp3) is 0.625. The highest BCUT2D eigenvalue weighted by Gasteiger charge is 2.37. The summed E-state index contributed by atoms with van der Waals surface area (Å²) in [7, 11) is 0. The summed E-state index contributed by atoms with van der Waals surface area (Å²) < 4.78 is 5.46. The lowest BCUT2D eigenvalue weighted by atomic mass is 9.99. The Bertz CT molecular complexity index is 494. The number of anilines is 1. The standard InChI is InChI=1S/C16H25N3O2/c1-15(2,3)21-14(20)18-10-11-19(16(4,5)12-18)13-8-6-7-9-17-13/h6-9H,10-12H2,1-5H3. The zero-order valence-electron chi connectivity index (χ0n) is 13.6. The van der Waals surface area contributed by atoms with Gasteiger partial charge in [-0.25, -0.2) is 9.78 Å². The summed E-state index contributed by atoms with van der Waals surface area (Å²) in [6.07, 6.45) is 1.56. The van der Waals surface area contributed by atoms with E-state index in [0.717, 1.165) is 12.4 Å². The van der Waals surface area contributed by atoms with Gasteiger partial charge in [-0.2, -0.15) is 0 Å². The van der Waals surface area contributed by atoms with Crippen LogP contribution in [0.4, 0.5) is 10.6 Å². The Hall–Kier alpha value is -1.78. The SMILES string of the molecule is CC(C)(C)OC(=O)N1CCN(c2ccccn2)C(C)(C)C1. The zero-order valence-corrected chi connectivity index (χ0v) is 13.6. The van der Waals surface area contributed by atoms with Gasteiger partial charge in [0.15, 0.2) is 0 Å². The first-order valence-corrected chi connectivity index (χ1v) is 7.36. The van der Waals surface area contributed by atoms with Gasteiger partial charge in [-0.1, -0.05) is 6.07 Å². The molecule has 21 heavy (non-hydrogen) atoms. The summed E-state index contributed by atoms with van der Waals surface area (Å²) in [5.74, 6) is 0.950. The molecular formula is C16H25N3O2. The van der Waals surface area contributed by atoms with E-state index in [1.165, 1.54) is 0 Å². The number of carbonyl (C=O) groups is 1. The number of ether oxygens (including phenoxy) is 1. The van der Waals surface area contributed by atoms with Gasteiger partial charge in [0.1, 0.15) is 11.4 Å². The van der Waals surface area contributed by atoms with Crippen molar-refractivity contribution in [3.63, 3.8) is 0 Å². The largest absolute Gasteiger partial charge is 0.444 e. The fourth-order valence-corrected chi connectivity index (χ4v) is 2.58. The third kappa shape index (κ3) is 3.86. The maximum Gasteiger partial charge on any atom is 0.410 e. The highest BCUT2D eigenvalue weighted by molar-refractivity contribution is 5.69. The molecule has 1 aliphatic rings. The maximum absolute atomic E-state index is 12.2. The Labute approximate surface area is 126 Å². The fourth-order valence-electron chi connectivity index (χ4n) is 2.58. The molecular weight excluding hydrogens is 266 g/mol. The van der Waals surface area contributed by atoms with E-state index in [0.29, 0.717) is 13.1 Å². The predicted octanol–water partition coefficient (Wildman–Crippen LogP) is 2.92. The van der Waals surface area contributed by atoms with Crippen molar-refractivity contribution in [2.45, 2.75) is 45.8 Å². The lowest BCUT2D eigenvalue weighted by Crippen LogP contribution is -2.61. The van der Waals surface area contributed by atoms with Gasteiger partial charge in [0.05, 0.1) is 5.54 Å². The minimum atomic E-state index is -0.459. The first-order valence-electron chi connectivity index (χ1n) is 7.36. The summed E-state index contributed by atoms with van der Waals surface area (Å²) in [6.45, 7) is 11.9. The molecule has 1 aromatic heterocycles.